The molecular weight excluding hydrogens is 414 g/mol. The third-order valence-corrected chi connectivity index (χ3v) is 6.68. The molecule has 30 heavy (non-hydrogen) atoms. The van der Waals surface area contributed by atoms with Crippen molar-refractivity contribution in [3.63, 3.8) is 0 Å². The second kappa shape index (κ2) is 8.82. The molecule has 0 aliphatic carbocycles. The number of para-hydroxylation sites is 1. The van der Waals surface area contributed by atoms with Gasteiger partial charge in [0.1, 0.15) is 10.7 Å². The largest absolute Gasteiger partial charge is 0.349 e. The molecule has 0 aliphatic heterocycles. The van der Waals surface area contributed by atoms with Gasteiger partial charge in [-0.25, -0.2) is 0 Å². The molecule has 2 aromatic heterocycles. The minimum Gasteiger partial charge on any atom is -0.349 e. The number of nitrogens with one attached hydrogen (secondary N) is 1. The Labute approximate surface area is 183 Å². The van der Waals surface area contributed by atoms with E-state index >= 15 is 0 Å². The van der Waals surface area contributed by atoms with Gasteiger partial charge in [0.2, 0.25) is 0 Å². The van der Waals surface area contributed by atoms with Crippen molar-refractivity contribution in [1.82, 2.24) is 9.88 Å². The molecule has 7 heteroatoms. The molecule has 0 spiro atoms. The summed E-state index contributed by atoms with van der Waals surface area (Å²) < 4.78 is 2.35. The molecule has 154 valence electrons. The number of rotatable bonds is 4. The summed E-state index contributed by atoms with van der Waals surface area (Å²) in [6, 6.07) is 9.67. The molecule has 0 fully saturated rings. The first kappa shape index (κ1) is 21.8. The number of nitrogens with zero attached hydrogens (tertiary/aromatic N) is 2. The third kappa shape index (κ3) is 4.16. The number of hydrogen-bond acceptors (Lipinski definition) is 5. The van der Waals surface area contributed by atoms with Crippen LogP contribution in [-0.2, 0) is 4.79 Å². The van der Waals surface area contributed by atoms with Gasteiger partial charge in [-0.15, -0.1) is 22.7 Å². The van der Waals surface area contributed by atoms with Crippen LogP contribution in [0.25, 0.3) is 17.3 Å². The van der Waals surface area contributed by atoms with Crippen molar-refractivity contribution < 1.29 is 4.79 Å². The van der Waals surface area contributed by atoms with Crippen LogP contribution >= 0.6 is 22.7 Å². The molecule has 2 heterocycles. The molecule has 0 aliphatic rings. The van der Waals surface area contributed by atoms with Gasteiger partial charge in [-0.2, -0.15) is 5.26 Å². The molecule has 0 saturated heterocycles. The Balaban J connectivity index is 2.47. The summed E-state index contributed by atoms with van der Waals surface area (Å²) in [5.41, 5.74) is 3.30. The standard InChI is InChI=1S/C23H23N3O2S2/c1-13(2)25-21(27)17(12-24)23-26(20-15(4)7-6-8-16(20)5)22(28)19(30-23)11-18-14(3)9-10-29-18/h6-11,13H,1-5H3,(H,25,27)/b19-11-,23-17+. The summed E-state index contributed by atoms with van der Waals surface area (Å²) >= 11 is 2.73. The lowest BCUT2D eigenvalue weighted by molar-refractivity contribution is -0.116. The molecule has 1 aromatic carbocycles. The second-order valence-electron chi connectivity index (χ2n) is 7.38. The lowest BCUT2D eigenvalue weighted by Crippen LogP contribution is -2.36. The average molecular weight is 438 g/mol. The highest BCUT2D eigenvalue weighted by Crippen LogP contribution is 2.17. The fraction of sp³-hybridized carbons (Fsp3) is 0.261. The fourth-order valence-corrected chi connectivity index (χ4v) is 5.20. The van der Waals surface area contributed by atoms with E-state index in [1.165, 1.54) is 15.9 Å². The molecule has 0 bridgehead atoms. The van der Waals surface area contributed by atoms with Gasteiger partial charge >= 0.3 is 0 Å². The van der Waals surface area contributed by atoms with Crippen LogP contribution in [0.1, 0.15) is 35.4 Å². The predicted molar refractivity (Wildman–Crippen MR) is 124 cm³/mol. The number of aryl methyl sites for hydroxylation is 3. The molecule has 0 atom stereocenters. The van der Waals surface area contributed by atoms with E-state index in [0.29, 0.717) is 14.9 Å². The SMILES string of the molecule is Cc1ccsc1/C=c1\s/c(=C(\C#N)C(=O)NC(C)C)n(-c2c(C)cccc2C)c1=O. The first-order chi connectivity index (χ1) is 14.2. The molecule has 3 rings (SSSR count). The molecule has 1 N–H and O–H groups in total. The zero-order valence-electron chi connectivity index (χ0n) is 17.6. The highest BCUT2D eigenvalue weighted by Gasteiger charge is 2.19. The Kier molecular flexibility index (Phi) is 6.40. The van der Waals surface area contributed by atoms with Crippen molar-refractivity contribution in [2.45, 2.75) is 40.7 Å². The van der Waals surface area contributed by atoms with Crippen LogP contribution in [0.15, 0.2) is 34.4 Å². The molecular formula is C23H23N3O2S2. The molecule has 0 radical (unpaired) electrons. The zero-order valence-corrected chi connectivity index (χ0v) is 19.2. The fourth-order valence-electron chi connectivity index (χ4n) is 3.19. The number of thiophene rings is 1. The van der Waals surface area contributed by atoms with Crippen LogP contribution in [0, 0.1) is 32.1 Å². The molecule has 3 aromatic rings. The van der Waals surface area contributed by atoms with E-state index in [-0.39, 0.29) is 17.2 Å². The van der Waals surface area contributed by atoms with Crippen LogP contribution in [0.4, 0.5) is 0 Å². The van der Waals surface area contributed by atoms with E-state index < -0.39 is 5.91 Å². The predicted octanol–water partition coefficient (Wildman–Crippen LogP) is 2.91. The van der Waals surface area contributed by atoms with Crippen molar-refractivity contribution in [3.8, 4) is 11.8 Å². The molecule has 5 nitrogen and oxygen atoms in total. The third-order valence-electron chi connectivity index (χ3n) is 4.62. The van der Waals surface area contributed by atoms with Gasteiger partial charge in [-0.05, 0) is 68.8 Å². The van der Waals surface area contributed by atoms with Crippen molar-refractivity contribution >= 4 is 40.2 Å². The van der Waals surface area contributed by atoms with Crippen molar-refractivity contribution in [2.75, 3.05) is 0 Å². The van der Waals surface area contributed by atoms with Gasteiger partial charge < -0.3 is 5.32 Å². The van der Waals surface area contributed by atoms with Gasteiger partial charge in [0.25, 0.3) is 11.5 Å². The van der Waals surface area contributed by atoms with Crippen LogP contribution in [0.5, 0.6) is 0 Å². The lowest BCUT2D eigenvalue weighted by atomic mass is 10.1. The minimum atomic E-state index is -0.479. The minimum absolute atomic E-state index is 0.0593. The first-order valence-corrected chi connectivity index (χ1v) is 11.2. The maximum absolute atomic E-state index is 13.5. The van der Waals surface area contributed by atoms with Crippen LogP contribution < -0.4 is 20.1 Å². The number of aromatic nitrogens is 1. The number of thiazole rings is 1. The number of benzene rings is 1. The van der Waals surface area contributed by atoms with E-state index in [1.54, 1.807) is 11.3 Å². The Hall–Kier alpha value is -2.95. The molecule has 0 unspecified atom stereocenters. The monoisotopic (exact) mass is 437 g/mol. The highest BCUT2D eigenvalue weighted by molar-refractivity contribution is 7.11. The maximum Gasteiger partial charge on any atom is 0.273 e. The van der Waals surface area contributed by atoms with E-state index in [9.17, 15) is 14.9 Å². The van der Waals surface area contributed by atoms with E-state index in [2.05, 4.69) is 5.32 Å². The van der Waals surface area contributed by atoms with Crippen molar-refractivity contribution in [2.24, 2.45) is 0 Å². The summed E-state index contributed by atoms with van der Waals surface area (Å²) in [5.74, 6) is -0.479. The molecule has 1 amide bonds. The normalized spacial score (nSPS) is 12.8. The van der Waals surface area contributed by atoms with Crippen LogP contribution in [0.2, 0.25) is 0 Å². The number of nitriles is 1. The summed E-state index contributed by atoms with van der Waals surface area (Å²) in [7, 11) is 0. The maximum atomic E-state index is 13.5. The molecule has 0 saturated carbocycles. The van der Waals surface area contributed by atoms with Crippen LogP contribution in [0.3, 0.4) is 0 Å². The summed E-state index contributed by atoms with van der Waals surface area (Å²) in [5, 5.41) is 14.6. The lowest BCUT2D eigenvalue weighted by Gasteiger charge is -2.11. The van der Waals surface area contributed by atoms with Gasteiger partial charge in [-0.3, -0.25) is 14.2 Å². The Morgan fingerprint density at radius 3 is 2.37 bits per heavy atom. The zero-order chi connectivity index (χ0) is 22.0. The first-order valence-electron chi connectivity index (χ1n) is 9.54. The number of amides is 1. The van der Waals surface area contributed by atoms with Crippen LogP contribution in [-0.4, -0.2) is 16.5 Å². The van der Waals surface area contributed by atoms with Gasteiger partial charge in [-0.1, -0.05) is 18.2 Å². The quantitative estimate of drug-likeness (QED) is 0.682. The van der Waals surface area contributed by atoms with Gasteiger partial charge in [0.05, 0.1) is 10.2 Å². The highest BCUT2D eigenvalue weighted by atomic mass is 32.1. The summed E-state index contributed by atoms with van der Waals surface area (Å²) in [6.07, 6.45) is 1.84. The number of hydrogen-bond donors (Lipinski definition) is 1. The summed E-state index contributed by atoms with van der Waals surface area (Å²) in [6.45, 7) is 9.49. The van der Waals surface area contributed by atoms with Crippen molar-refractivity contribution in [3.05, 3.63) is 70.8 Å². The summed E-state index contributed by atoms with van der Waals surface area (Å²) in [4.78, 5) is 27.2. The smallest absolute Gasteiger partial charge is 0.273 e. The number of carbonyl (C=O) groups excluding carboxylic acids is 1. The van der Waals surface area contributed by atoms with E-state index in [0.717, 1.165) is 21.6 Å². The van der Waals surface area contributed by atoms with Crippen molar-refractivity contribution in [1.29, 1.82) is 5.26 Å². The topological polar surface area (TPSA) is 74.9 Å². The van der Waals surface area contributed by atoms with E-state index in [1.807, 2.05) is 76.4 Å². The Morgan fingerprint density at radius 1 is 1.17 bits per heavy atom. The average Bonchev–Trinajstić information content (AvgIpc) is 3.20. The Bertz CT molecular complexity index is 1310. The Morgan fingerprint density at radius 2 is 1.83 bits per heavy atom. The van der Waals surface area contributed by atoms with Gasteiger partial charge in [0.15, 0.2) is 5.57 Å². The van der Waals surface area contributed by atoms with E-state index in [4.69, 9.17) is 0 Å². The second-order valence-corrected chi connectivity index (χ2v) is 9.36. The number of carbonyl (C=O) groups is 1. The van der Waals surface area contributed by atoms with Gasteiger partial charge in [0, 0.05) is 10.9 Å².